The first-order chi connectivity index (χ1) is 16.2. The van der Waals surface area contributed by atoms with Crippen molar-refractivity contribution in [1.82, 2.24) is 10.3 Å². The normalized spacial score (nSPS) is 11.9. The van der Waals surface area contributed by atoms with Gasteiger partial charge in [0.1, 0.15) is 23.1 Å². The molecule has 0 atom stereocenters. The van der Waals surface area contributed by atoms with Gasteiger partial charge in [-0.15, -0.1) is 11.3 Å². The molecule has 4 aromatic rings. The largest absolute Gasteiger partial charge is 0.488 e. The molecule has 0 bridgehead atoms. The van der Waals surface area contributed by atoms with Gasteiger partial charge in [-0.05, 0) is 47.5 Å². The minimum atomic E-state index is -0.241. The third kappa shape index (κ3) is 4.94. The highest BCUT2D eigenvalue weighted by molar-refractivity contribution is 7.13. The van der Waals surface area contributed by atoms with Crippen LogP contribution in [0.1, 0.15) is 21.6 Å². The molecule has 6 nitrogen and oxygen atoms in total. The second kappa shape index (κ2) is 9.52. The number of carbonyl (C=O) groups excluding carboxylic acids is 1. The summed E-state index contributed by atoms with van der Waals surface area (Å²) in [6.07, 6.45) is 0. The summed E-state index contributed by atoms with van der Waals surface area (Å²) in [4.78, 5) is 17.2. The summed E-state index contributed by atoms with van der Waals surface area (Å²) in [6.45, 7) is 0.989. The molecule has 1 N–H and O–H groups in total. The van der Waals surface area contributed by atoms with Crippen LogP contribution in [0.3, 0.4) is 0 Å². The molecule has 0 saturated heterocycles. The van der Waals surface area contributed by atoms with E-state index < -0.39 is 0 Å². The first-order valence-electron chi connectivity index (χ1n) is 10.2. The number of thiazole rings is 1. The van der Waals surface area contributed by atoms with E-state index in [9.17, 15) is 4.79 Å². The zero-order valence-corrected chi connectivity index (χ0v) is 19.0. The van der Waals surface area contributed by atoms with E-state index in [-0.39, 0.29) is 12.7 Å². The van der Waals surface area contributed by atoms with Crippen molar-refractivity contribution in [3.63, 3.8) is 0 Å². The van der Waals surface area contributed by atoms with Crippen molar-refractivity contribution in [2.45, 2.75) is 13.2 Å². The fourth-order valence-electron chi connectivity index (χ4n) is 3.34. The molecule has 166 valence electrons. The standard InChI is InChI=1S/C25H19ClN2O4S/c26-18-8-5-16(6-9-18)13-30-21-4-2-1-3-19(21)25-28-20(14-33-25)24(29)27-12-17-7-10-22-23(11-17)32-15-31-22/h1-11,14H,12-13,15H2,(H,27,29). The van der Waals surface area contributed by atoms with Crippen molar-refractivity contribution in [3.05, 3.63) is 94.0 Å². The van der Waals surface area contributed by atoms with Gasteiger partial charge in [0, 0.05) is 16.9 Å². The van der Waals surface area contributed by atoms with Gasteiger partial charge in [0.25, 0.3) is 5.91 Å². The van der Waals surface area contributed by atoms with E-state index >= 15 is 0 Å². The smallest absolute Gasteiger partial charge is 0.271 e. The molecule has 0 fully saturated rings. The summed E-state index contributed by atoms with van der Waals surface area (Å²) in [5.41, 5.74) is 3.13. The highest BCUT2D eigenvalue weighted by Gasteiger charge is 2.16. The predicted molar refractivity (Wildman–Crippen MR) is 127 cm³/mol. The Morgan fingerprint density at radius 2 is 1.82 bits per heavy atom. The summed E-state index contributed by atoms with van der Waals surface area (Å²) in [7, 11) is 0. The Bertz CT molecular complexity index is 1290. The lowest BCUT2D eigenvalue weighted by Crippen LogP contribution is -2.23. The molecule has 0 unspecified atom stereocenters. The third-order valence-corrected chi connectivity index (χ3v) is 6.18. The van der Waals surface area contributed by atoms with E-state index in [4.69, 9.17) is 25.8 Å². The number of halogens is 1. The Balaban J connectivity index is 1.25. The van der Waals surface area contributed by atoms with Crippen molar-refractivity contribution < 1.29 is 19.0 Å². The number of hydrogen-bond acceptors (Lipinski definition) is 6. The number of amides is 1. The number of ether oxygens (including phenoxy) is 3. The van der Waals surface area contributed by atoms with Crippen LogP contribution in [0.2, 0.25) is 5.02 Å². The van der Waals surface area contributed by atoms with Crippen LogP contribution in [0, 0.1) is 0 Å². The first-order valence-corrected chi connectivity index (χ1v) is 11.5. The monoisotopic (exact) mass is 478 g/mol. The predicted octanol–water partition coefficient (Wildman–Crippen LogP) is 5.70. The number of benzene rings is 3. The van der Waals surface area contributed by atoms with Gasteiger partial charge in [0.05, 0.1) is 5.56 Å². The van der Waals surface area contributed by atoms with Gasteiger partial charge in [-0.2, -0.15) is 0 Å². The van der Waals surface area contributed by atoms with Crippen LogP contribution in [0.5, 0.6) is 17.2 Å². The summed E-state index contributed by atoms with van der Waals surface area (Å²) >= 11 is 7.35. The second-order valence-electron chi connectivity index (χ2n) is 7.32. The van der Waals surface area contributed by atoms with E-state index in [0.717, 1.165) is 21.7 Å². The lowest BCUT2D eigenvalue weighted by atomic mass is 10.2. The maximum atomic E-state index is 12.7. The van der Waals surface area contributed by atoms with Crippen LogP contribution in [-0.4, -0.2) is 17.7 Å². The average molecular weight is 479 g/mol. The number of carbonyl (C=O) groups is 1. The molecule has 1 aliphatic heterocycles. The van der Waals surface area contributed by atoms with E-state index in [1.54, 1.807) is 5.38 Å². The van der Waals surface area contributed by atoms with Crippen LogP contribution in [0.25, 0.3) is 10.6 Å². The lowest BCUT2D eigenvalue weighted by molar-refractivity contribution is 0.0946. The highest BCUT2D eigenvalue weighted by Crippen LogP contribution is 2.34. The van der Waals surface area contributed by atoms with Crippen molar-refractivity contribution in [1.29, 1.82) is 0 Å². The van der Waals surface area contributed by atoms with Crippen molar-refractivity contribution in [3.8, 4) is 27.8 Å². The van der Waals surface area contributed by atoms with Crippen LogP contribution in [0.15, 0.2) is 72.1 Å². The molecule has 5 rings (SSSR count). The Kier molecular flexibility index (Phi) is 6.15. The molecule has 33 heavy (non-hydrogen) atoms. The topological polar surface area (TPSA) is 69.7 Å². The molecule has 0 aliphatic carbocycles. The van der Waals surface area contributed by atoms with E-state index in [2.05, 4.69) is 10.3 Å². The number of fused-ring (bicyclic) bond motifs is 1. The number of nitrogens with zero attached hydrogens (tertiary/aromatic N) is 1. The number of nitrogens with one attached hydrogen (secondary N) is 1. The Morgan fingerprint density at radius 1 is 1.03 bits per heavy atom. The summed E-state index contributed by atoms with van der Waals surface area (Å²) in [6, 6.07) is 20.8. The Hall–Kier alpha value is -3.55. The van der Waals surface area contributed by atoms with Gasteiger partial charge in [-0.1, -0.05) is 41.9 Å². The zero-order chi connectivity index (χ0) is 22.6. The lowest BCUT2D eigenvalue weighted by Gasteiger charge is -2.10. The van der Waals surface area contributed by atoms with Gasteiger partial charge in [0.2, 0.25) is 6.79 Å². The fraction of sp³-hybridized carbons (Fsp3) is 0.120. The number of para-hydroxylation sites is 1. The number of rotatable bonds is 7. The van der Waals surface area contributed by atoms with Gasteiger partial charge >= 0.3 is 0 Å². The van der Waals surface area contributed by atoms with Crippen LogP contribution < -0.4 is 19.5 Å². The molecule has 3 aromatic carbocycles. The maximum absolute atomic E-state index is 12.7. The average Bonchev–Trinajstić information content (AvgIpc) is 3.52. The molecule has 1 aromatic heterocycles. The zero-order valence-electron chi connectivity index (χ0n) is 17.4. The molecular weight excluding hydrogens is 460 g/mol. The molecule has 0 radical (unpaired) electrons. The van der Waals surface area contributed by atoms with Crippen LogP contribution in [0.4, 0.5) is 0 Å². The first kappa shape index (κ1) is 21.3. The third-order valence-electron chi connectivity index (χ3n) is 5.05. The van der Waals surface area contributed by atoms with Crippen LogP contribution >= 0.6 is 22.9 Å². The molecular formula is C25H19ClN2O4S. The van der Waals surface area contributed by atoms with Gasteiger partial charge in [-0.3, -0.25) is 4.79 Å². The van der Waals surface area contributed by atoms with Crippen molar-refractivity contribution >= 4 is 28.8 Å². The van der Waals surface area contributed by atoms with Crippen molar-refractivity contribution in [2.75, 3.05) is 6.79 Å². The van der Waals surface area contributed by atoms with Gasteiger partial charge in [0.15, 0.2) is 11.5 Å². The Morgan fingerprint density at radius 3 is 2.70 bits per heavy atom. The van der Waals surface area contributed by atoms with E-state index in [1.807, 2.05) is 66.7 Å². The fourth-order valence-corrected chi connectivity index (χ4v) is 4.29. The molecule has 8 heteroatoms. The molecule has 2 heterocycles. The minimum Gasteiger partial charge on any atom is -0.488 e. The molecule has 1 amide bonds. The van der Waals surface area contributed by atoms with Crippen molar-refractivity contribution in [2.24, 2.45) is 0 Å². The SMILES string of the molecule is O=C(NCc1ccc2c(c1)OCO2)c1csc(-c2ccccc2OCc2ccc(Cl)cc2)n1. The van der Waals surface area contributed by atoms with E-state index in [1.165, 1.54) is 11.3 Å². The summed E-state index contributed by atoms with van der Waals surface area (Å²) < 4.78 is 16.7. The summed E-state index contributed by atoms with van der Waals surface area (Å²) in [5.74, 6) is 1.86. The Labute approximate surface area is 199 Å². The molecule has 0 saturated carbocycles. The molecule has 0 spiro atoms. The highest BCUT2D eigenvalue weighted by atomic mass is 35.5. The maximum Gasteiger partial charge on any atom is 0.271 e. The van der Waals surface area contributed by atoms with Crippen LogP contribution in [-0.2, 0) is 13.2 Å². The number of aromatic nitrogens is 1. The van der Waals surface area contributed by atoms with Gasteiger partial charge < -0.3 is 19.5 Å². The minimum absolute atomic E-state index is 0.220. The number of hydrogen-bond donors (Lipinski definition) is 1. The van der Waals surface area contributed by atoms with E-state index in [0.29, 0.717) is 41.1 Å². The quantitative estimate of drug-likeness (QED) is 0.369. The second-order valence-corrected chi connectivity index (χ2v) is 8.61. The summed E-state index contributed by atoms with van der Waals surface area (Å²) in [5, 5.41) is 6.06. The van der Waals surface area contributed by atoms with Gasteiger partial charge in [-0.25, -0.2) is 4.98 Å². The molecule has 1 aliphatic rings.